The van der Waals surface area contributed by atoms with Crippen molar-refractivity contribution in [1.82, 2.24) is 0 Å². The Hall–Kier alpha value is -3.42. The van der Waals surface area contributed by atoms with Crippen LogP contribution in [0.1, 0.15) is 0 Å². The minimum Gasteiger partial charge on any atom is -0.390 e. The van der Waals surface area contributed by atoms with Gasteiger partial charge in [0, 0.05) is 19.5 Å². The van der Waals surface area contributed by atoms with E-state index in [1.165, 1.54) is 31.4 Å². The predicted molar refractivity (Wildman–Crippen MR) is 126 cm³/mol. The number of thiophene rings is 2. The molecule has 0 aliphatic carbocycles. The zero-order valence-electron chi connectivity index (χ0n) is 15.4. The van der Waals surface area contributed by atoms with Gasteiger partial charge in [0.05, 0.1) is 17.7 Å². The summed E-state index contributed by atoms with van der Waals surface area (Å²) in [5.74, 6) is 0.0615. The molecule has 0 unspecified atom stereocenters. The lowest BCUT2D eigenvalue weighted by Gasteiger charge is -1.99. The molecule has 2 aromatic heterocycles. The second-order valence-corrected chi connectivity index (χ2v) is 8.40. The first-order chi connectivity index (χ1) is 14.1. The average molecular weight is 418 g/mol. The van der Waals surface area contributed by atoms with Crippen molar-refractivity contribution in [2.45, 2.75) is 0 Å². The third-order valence-electron chi connectivity index (χ3n) is 4.24. The van der Waals surface area contributed by atoms with Gasteiger partial charge in [-0.25, -0.2) is 9.98 Å². The molecule has 0 bridgehead atoms. The Labute approximate surface area is 176 Å². The summed E-state index contributed by atoms with van der Waals surface area (Å²) in [6, 6.07) is 24.6. The fourth-order valence-electron chi connectivity index (χ4n) is 2.90. The van der Waals surface area contributed by atoms with E-state index in [2.05, 4.69) is 46.4 Å². The van der Waals surface area contributed by atoms with Crippen molar-refractivity contribution >= 4 is 46.3 Å². The first-order valence-corrected chi connectivity index (χ1v) is 10.5. The maximum Gasteiger partial charge on any atom is 0.191 e. The molecule has 0 fully saturated rings. The fraction of sp³-hybridized carbons (Fsp3) is 0. The molecule has 2 aromatic carbocycles. The molecule has 0 saturated carbocycles. The Bertz CT molecular complexity index is 1160. The number of hydrogen-bond acceptors (Lipinski definition) is 4. The summed E-state index contributed by atoms with van der Waals surface area (Å²) in [6.07, 6.45) is 1.31. The number of aliphatic imine (C=N–C) groups is 2. The highest BCUT2D eigenvalue weighted by Gasteiger charge is 2.09. The highest BCUT2D eigenvalue weighted by molar-refractivity contribution is 7.25. The topological polar surface area (TPSA) is 103 Å². The van der Waals surface area contributed by atoms with Crippen LogP contribution in [0.3, 0.4) is 0 Å². The van der Waals surface area contributed by atoms with Crippen LogP contribution in [-0.4, -0.2) is 12.3 Å². The first-order valence-electron chi connectivity index (χ1n) is 8.87. The van der Waals surface area contributed by atoms with Gasteiger partial charge in [0.2, 0.25) is 0 Å². The lowest BCUT2D eigenvalue weighted by atomic mass is 10.1. The Balaban J connectivity index is 1.55. The zero-order chi connectivity index (χ0) is 20.2. The van der Waals surface area contributed by atoms with E-state index in [4.69, 9.17) is 17.2 Å². The van der Waals surface area contributed by atoms with Crippen molar-refractivity contribution in [3.63, 3.8) is 0 Å². The normalized spacial score (nSPS) is 11.0. The highest BCUT2D eigenvalue weighted by atomic mass is 32.1. The van der Waals surface area contributed by atoms with Gasteiger partial charge >= 0.3 is 0 Å². The number of nitrogens with zero attached hydrogens (tertiary/aromatic N) is 2. The summed E-state index contributed by atoms with van der Waals surface area (Å²) in [5.41, 5.74) is 20.1. The molecule has 5 nitrogen and oxygen atoms in total. The van der Waals surface area contributed by atoms with Crippen LogP contribution in [0, 0.1) is 0 Å². The van der Waals surface area contributed by atoms with Gasteiger partial charge in [-0.15, -0.1) is 22.7 Å². The standard InChI is InChI=1S/C22H19N5S2/c23-13-26-16-5-1-14(2-6-16)18-9-11-20(28-18)21-12-10-19(29-21)15-3-7-17(8-4-15)27-22(24)25/h1-13H,(H2,23,26)(H4,24,25,27). The second-order valence-electron chi connectivity index (χ2n) is 6.24. The number of hydrogen-bond donors (Lipinski definition) is 3. The lowest BCUT2D eigenvalue weighted by Crippen LogP contribution is -2.21. The molecule has 0 radical (unpaired) electrons. The summed E-state index contributed by atoms with van der Waals surface area (Å²) < 4.78 is 0. The molecule has 0 amide bonds. The second kappa shape index (κ2) is 8.30. The van der Waals surface area contributed by atoms with Crippen LogP contribution in [0.5, 0.6) is 0 Å². The Morgan fingerprint density at radius 3 is 1.52 bits per heavy atom. The van der Waals surface area contributed by atoms with E-state index in [0.29, 0.717) is 0 Å². The summed E-state index contributed by atoms with van der Waals surface area (Å²) in [4.78, 5) is 13.1. The minimum absolute atomic E-state index is 0.0615. The monoisotopic (exact) mass is 417 g/mol. The van der Waals surface area contributed by atoms with Crippen LogP contribution in [0.15, 0.2) is 82.8 Å². The van der Waals surface area contributed by atoms with E-state index in [1.54, 1.807) is 22.7 Å². The molecule has 0 aliphatic heterocycles. The van der Waals surface area contributed by atoms with Crippen molar-refractivity contribution in [2.75, 3.05) is 0 Å². The zero-order valence-corrected chi connectivity index (χ0v) is 17.1. The smallest absolute Gasteiger partial charge is 0.191 e. The van der Waals surface area contributed by atoms with E-state index in [0.717, 1.165) is 16.9 Å². The summed E-state index contributed by atoms with van der Waals surface area (Å²) >= 11 is 3.55. The molecular formula is C22H19N5S2. The van der Waals surface area contributed by atoms with Crippen LogP contribution in [0.25, 0.3) is 30.6 Å². The van der Waals surface area contributed by atoms with Crippen molar-refractivity contribution < 1.29 is 0 Å². The molecule has 29 heavy (non-hydrogen) atoms. The van der Waals surface area contributed by atoms with E-state index in [1.807, 2.05) is 36.4 Å². The van der Waals surface area contributed by atoms with Gasteiger partial charge in [-0.1, -0.05) is 24.3 Å². The van der Waals surface area contributed by atoms with E-state index >= 15 is 0 Å². The molecule has 0 saturated heterocycles. The first kappa shape index (κ1) is 18.9. The molecule has 0 spiro atoms. The number of guanidine groups is 1. The van der Waals surface area contributed by atoms with Crippen LogP contribution >= 0.6 is 22.7 Å². The molecule has 4 aromatic rings. The van der Waals surface area contributed by atoms with E-state index in [9.17, 15) is 0 Å². The molecule has 6 N–H and O–H groups in total. The van der Waals surface area contributed by atoms with Gasteiger partial charge in [0.1, 0.15) is 0 Å². The van der Waals surface area contributed by atoms with Gasteiger partial charge in [-0.05, 0) is 59.7 Å². The van der Waals surface area contributed by atoms with E-state index in [-0.39, 0.29) is 5.96 Å². The van der Waals surface area contributed by atoms with Crippen molar-refractivity contribution in [3.05, 3.63) is 72.8 Å². The van der Waals surface area contributed by atoms with Crippen molar-refractivity contribution in [1.29, 1.82) is 0 Å². The predicted octanol–water partition coefficient (Wildman–Crippen LogP) is 5.33. The van der Waals surface area contributed by atoms with Crippen LogP contribution in [-0.2, 0) is 0 Å². The molecule has 0 aliphatic rings. The van der Waals surface area contributed by atoms with Gasteiger partial charge in [0.25, 0.3) is 0 Å². The molecular weight excluding hydrogens is 398 g/mol. The summed E-state index contributed by atoms with van der Waals surface area (Å²) in [5, 5.41) is 0. The quantitative estimate of drug-likeness (QED) is 0.302. The molecule has 0 atom stereocenters. The SMILES string of the molecule is NC=Nc1ccc(-c2ccc(-c3ccc(-c4ccc(N=C(N)N)cc4)s3)s2)cc1. The summed E-state index contributed by atoms with van der Waals surface area (Å²) in [6.45, 7) is 0. The van der Waals surface area contributed by atoms with Gasteiger partial charge in [-0.2, -0.15) is 0 Å². The number of nitrogens with two attached hydrogens (primary N) is 3. The lowest BCUT2D eigenvalue weighted by molar-refractivity contribution is 1.42. The minimum atomic E-state index is 0.0615. The van der Waals surface area contributed by atoms with Crippen LogP contribution in [0.4, 0.5) is 11.4 Å². The molecule has 4 rings (SSSR count). The van der Waals surface area contributed by atoms with E-state index < -0.39 is 0 Å². The largest absolute Gasteiger partial charge is 0.390 e. The Morgan fingerprint density at radius 2 is 1.07 bits per heavy atom. The van der Waals surface area contributed by atoms with Crippen LogP contribution < -0.4 is 17.2 Å². The van der Waals surface area contributed by atoms with Crippen molar-refractivity contribution in [2.24, 2.45) is 27.2 Å². The molecule has 144 valence electrons. The number of benzene rings is 2. The maximum absolute atomic E-state index is 5.43. The highest BCUT2D eigenvalue weighted by Crippen LogP contribution is 2.40. The average Bonchev–Trinajstić information content (AvgIpc) is 3.39. The Morgan fingerprint density at radius 1 is 0.621 bits per heavy atom. The third kappa shape index (κ3) is 4.37. The maximum atomic E-state index is 5.43. The summed E-state index contributed by atoms with van der Waals surface area (Å²) in [7, 11) is 0. The van der Waals surface area contributed by atoms with Gasteiger partial charge < -0.3 is 17.2 Å². The van der Waals surface area contributed by atoms with Gasteiger partial charge in [-0.3, -0.25) is 0 Å². The van der Waals surface area contributed by atoms with Crippen LogP contribution in [0.2, 0.25) is 0 Å². The number of rotatable bonds is 5. The third-order valence-corrected chi connectivity index (χ3v) is 6.70. The Kier molecular flexibility index (Phi) is 5.41. The molecule has 7 heteroatoms. The van der Waals surface area contributed by atoms with Gasteiger partial charge in [0.15, 0.2) is 5.96 Å². The fourth-order valence-corrected chi connectivity index (χ4v) is 5.01. The molecule has 2 heterocycles. The van der Waals surface area contributed by atoms with Crippen molar-refractivity contribution in [3.8, 4) is 30.6 Å².